The summed E-state index contributed by atoms with van der Waals surface area (Å²) in [6.45, 7) is 0. The van der Waals surface area contributed by atoms with Crippen LogP contribution in [0.15, 0.2) is 132 Å². The number of hydrogen-bond acceptors (Lipinski definition) is 1. The van der Waals surface area contributed by atoms with Gasteiger partial charge in [-0.3, -0.25) is 0 Å². The van der Waals surface area contributed by atoms with E-state index in [4.69, 9.17) is 16.0 Å². The van der Waals surface area contributed by atoms with E-state index in [-0.39, 0.29) is 0 Å². The molecule has 0 aliphatic carbocycles. The van der Waals surface area contributed by atoms with E-state index in [2.05, 4.69) is 124 Å². The summed E-state index contributed by atoms with van der Waals surface area (Å²) in [6.07, 6.45) is 0. The first-order chi connectivity index (χ1) is 19.8. The predicted molar refractivity (Wildman–Crippen MR) is 167 cm³/mol. The van der Waals surface area contributed by atoms with Crippen molar-refractivity contribution in [3.63, 3.8) is 0 Å². The van der Waals surface area contributed by atoms with Crippen molar-refractivity contribution in [1.29, 1.82) is 0 Å². The van der Waals surface area contributed by atoms with Gasteiger partial charge in [-0.25, -0.2) is 0 Å². The van der Waals surface area contributed by atoms with Crippen LogP contribution in [0.1, 0.15) is 0 Å². The Kier molecular flexibility index (Phi) is 4.38. The number of aromatic nitrogens is 2. The third kappa shape index (κ3) is 2.85. The Hall–Kier alpha value is -4.99. The van der Waals surface area contributed by atoms with Crippen molar-refractivity contribution < 1.29 is 4.42 Å². The second kappa shape index (κ2) is 8.01. The summed E-state index contributed by atoms with van der Waals surface area (Å²) in [5.74, 6) is 0. The molecule has 0 aliphatic heterocycles. The molecule has 3 nitrogen and oxygen atoms in total. The Labute approximate surface area is 234 Å². The molecule has 0 aliphatic rings. The smallest absolute Gasteiger partial charge is 0.153 e. The fourth-order valence-corrected chi connectivity index (χ4v) is 6.72. The van der Waals surface area contributed by atoms with E-state index in [1.807, 2.05) is 12.1 Å². The Balaban J connectivity index is 1.50. The minimum atomic E-state index is 0.626. The molecule has 9 rings (SSSR count). The number of rotatable bonds is 2. The summed E-state index contributed by atoms with van der Waals surface area (Å²) >= 11 is 6.50. The molecule has 40 heavy (non-hydrogen) atoms. The van der Waals surface area contributed by atoms with Gasteiger partial charge in [0.1, 0.15) is 5.58 Å². The fraction of sp³-hybridized carbons (Fsp3) is 0. The minimum absolute atomic E-state index is 0.626. The second-order valence-corrected chi connectivity index (χ2v) is 10.7. The number of nitrogens with zero attached hydrogens (tertiary/aromatic N) is 2. The van der Waals surface area contributed by atoms with E-state index in [1.165, 1.54) is 43.6 Å². The molecule has 0 fully saturated rings. The highest BCUT2D eigenvalue weighted by Gasteiger charge is 2.21. The molecule has 4 heteroatoms. The van der Waals surface area contributed by atoms with Crippen LogP contribution in [0.2, 0.25) is 5.02 Å². The van der Waals surface area contributed by atoms with Crippen LogP contribution < -0.4 is 0 Å². The van der Waals surface area contributed by atoms with Crippen LogP contribution in [-0.4, -0.2) is 9.13 Å². The summed E-state index contributed by atoms with van der Waals surface area (Å²) in [5, 5.41) is 7.63. The van der Waals surface area contributed by atoms with Gasteiger partial charge in [0.15, 0.2) is 5.58 Å². The zero-order valence-electron chi connectivity index (χ0n) is 21.3. The normalized spacial score (nSPS) is 12.1. The van der Waals surface area contributed by atoms with Gasteiger partial charge in [0.25, 0.3) is 0 Å². The van der Waals surface area contributed by atoms with E-state index in [1.54, 1.807) is 0 Å². The van der Waals surface area contributed by atoms with Gasteiger partial charge in [0.2, 0.25) is 0 Å². The number of hydrogen-bond donors (Lipinski definition) is 0. The number of para-hydroxylation sites is 4. The molecule has 0 saturated carbocycles. The van der Waals surface area contributed by atoms with E-state index in [9.17, 15) is 0 Å². The first-order valence-corrected chi connectivity index (χ1v) is 13.8. The molecule has 0 amide bonds. The molecule has 0 atom stereocenters. The largest absolute Gasteiger partial charge is 0.454 e. The zero-order chi connectivity index (χ0) is 26.4. The lowest BCUT2D eigenvalue weighted by Gasteiger charge is -2.12. The summed E-state index contributed by atoms with van der Waals surface area (Å²) < 4.78 is 11.0. The van der Waals surface area contributed by atoms with Crippen molar-refractivity contribution in [3.8, 4) is 11.4 Å². The molecule has 0 unspecified atom stereocenters. The molecule has 0 bridgehead atoms. The summed E-state index contributed by atoms with van der Waals surface area (Å²) in [5.41, 5.74) is 8.52. The van der Waals surface area contributed by atoms with Gasteiger partial charge in [0, 0.05) is 43.7 Å². The number of halogens is 1. The third-order valence-electron chi connectivity index (χ3n) is 8.17. The van der Waals surface area contributed by atoms with Crippen molar-refractivity contribution in [3.05, 3.63) is 132 Å². The standard InChI is InChI=1S/C36H21ClN2O/c37-30-14-8-13-28-29-21-23(17-20-33(29)40-36(28)30)39-32-16-7-5-12-25(32)27-19-18-26-24-11-4-6-15-31(24)38(34(26)35(27)39)22-9-2-1-3-10-22/h1-21H. The molecule has 0 N–H and O–H groups in total. The zero-order valence-corrected chi connectivity index (χ0v) is 22.1. The third-order valence-corrected chi connectivity index (χ3v) is 8.47. The summed E-state index contributed by atoms with van der Waals surface area (Å²) in [4.78, 5) is 0. The van der Waals surface area contributed by atoms with E-state index < -0.39 is 0 Å². The number of fused-ring (bicyclic) bond motifs is 10. The van der Waals surface area contributed by atoms with Crippen molar-refractivity contribution >= 4 is 77.2 Å². The maximum Gasteiger partial charge on any atom is 0.153 e. The maximum atomic E-state index is 6.50. The van der Waals surface area contributed by atoms with E-state index >= 15 is 0 Å². The van der Waals surface area contributed by atoms with E-state index in [0.717, 1.165) is 33.3 Å². The quantitative estimate of drug-likeness (QED) is 0.217. The van der Waals surface area contributed by atoms with Crippen molar-refractivity contribution in [1.82, 2.24) is 9.13 Å². The van der Waals surface area contributed by atoms with Gasteiger partial charge >= 0.3 is 0 Å². The lowest BCUT2D eigenvalue weighted by molar-refractivity contribution is 0.669. The average Bonchev–Trinajstić information content (AvgIpc) is 3.66. The van der Waals surface area contributed by atoms with Crippen molar-refractivity contribution in [2.24, 2.45) is 0 Å². The van der Waals surface area contributed by atoms with Gasteiger partial charge in [-0.15, -0.1) is 0 Å². The molecule has 0 saturated heterocycles. The van der Waals surface area contributed by atoms with Crippen LogP contribution in [0.25, 0.3) is 76.9 Å². The molecular weight excluding hydrogens is 512 g/mol. The van der Waals surface area contributed by atoms with Crippen LogP contribution >= 0.6 is 11.6 Å². The Morgan fingerprint density at radius 3 is 1.75 bits per heavy atom. The van der Waals surface area contributed by atoms with Gasteiger partial charge in [-0.05, 0) is 48.5 Å². The number of furan rings is 1. The SMILES string of the molecule is Clc1cccc2c1oc1ccc(-n3c4ccccc4c4ccc5c6ccccc6n(-c6ccccc6)c5c43)cc12. The monoisotopic (exact) mass is 532 g/mol. The minimum Gasteiger partial charge on any atom is -0.454 e. The highest BCUT2D eigenvalue weighted by Crippen LogP contribution is 2.42. The van der Waals surface area contributed by atoms with Crippen LogP contribution in [0.5, 0.6) is 0 Å². The van der Waals surface area contributed by atoms with Gasteiger partial charge in [-0.2, -0.15) is 0 Å². The molecule has 0 radical (unpaired) electrons. The van der Waals surface area contributed by atoms with Gasteiger partial charge in [0.05, 0.1) is 27.1 Å². The molecule has 0 spiro atoms. The summed E-state index contributed by atoms with van der Waals surface area (Å²) in [6, 6.07) is 45.0. The molecule has 188 valence electrons. The molecular formula is C36H21ClN2O. The van der Waals surface area contributed by atoms with Crippen LogP contribution in [0, 0.1) is 0 Å². The predicted octanol–water partition coefficient (Wildman–Crippen LogP) is 10.4. The highest BCUT2D eigenvalue weighted by atomic mass is 35.5. The second-order valence-electron chi connectivity index (χ2n) is 10.3. The molecule has 3 aromatic heterocycles. The topological polar surface area (TPSA) is 23.0 Å². The molecule has 6 aromatic carbocycles. The van der Waals surface area contributed by atoms with Crippen LogP contribution in [0.3, 0.4) is 0 Å². The number of benzene rings is 6. The summed E-state index contributed by atoms with van der Waals surface area (Å²) in [7, 11) is 0. The first kappa shape index (κ1) is 21.9. The Bertz CT molecular complexity index is 2440. The Morgan fingerprint density at radius 2 is 1.05 bits per heavy atom. The Morgan fingerprint density at radius 1 is 0.450 bits per heavy atom. The highest BCUT2D eigenvalue weighted by molar-refractivity contribution is 6.35. The molecule has 9 aromatic rings. The lowest BCUT2D eigenvalue weighted by Crippen LogP contribution is -1.98. The maximum absolute atomic E-state index is 6.50. The van der Waals surface area contributed by atoms with Crippen LogP contribution in [0.4, 0.5) is 0 Å². The van der Waals surface area contributed by atoms with Crippen LogP contribution in [-0.2, 0) is 0 Å². The molecule has 3 heterocycles. The van der Waals surface area contributed by atoms with Gasteiger partial charge in [-0.1, -0.05) is 90.5 Å². The average molecular weight is 533 g/mol. The fourth-order valence-electron chi connectivity index (χ4n) is 6.51. The van der Waals surface area contributed by atoms with Crippen molar-refractivity contribution in [2.75, 3.05) is 0 Å². The first-order valence-electron chi connectivity index (χ1n) is 13.4. The van der Waals surface area contributed by atoms with Gasteiger partial charge < -0.3 is 13.6 Å². The lowest BCUT2D eigenvalue weighted by atomic mass is 10.1. The van der Waals surface area contributed by atoms with Crippen molar-refractivity contribution in [2.45, 2.75) is 0 Å². The van der Waals surface area contributed by atoms with E-state index in [0.29, 0.717) is 5.02 Å².